The Bertz CT molecular complexity index is 284. The van der Waals surface area contributed by atoms with Crippen LogP contribution in [0, 0.1) is 5.92 Å². The van der Waals surface area contributed by atoms with Crippen LogP contribution in [0.2, 0.25) is 0 Å². The Hall–Kier alpha value is -0.900. The summed E-state index contributed by atoms with van der Waals surface area (Å²) in [5.74, 6) is 2.76. The van der Waals surface area contributed by atoms with Crippen molar-refractivity contribution >= 4 is 0 Å². The summed E-state index contributed by atoms with van der Waals surface area (Å²) in [5.41, 5.74) is 0. The Morgan fingerprint density at radius 3 is 2.92 bits per heavy atom. The summed E-state index contributed by atoms with van der Waals surface area (Å²) in [7, 11) is 0. The molecule has 0 radical (unpaired) electrons. The van der Waals surface area contributed by atoms with E-state index in [2.05, 4.69) is 22.1 Å². The number of hydrogen-bond acceptors (Lipinski definition) is 3. The molecule has 2 unspecified atom stereocenters. The monoisotopic (exact) mass is 181 g/mol. The molecule has 0 saturated heterocycles. The van der Waals surface area contributed by atoms with Gasteiger partial charge in [0.2, 0.25) is 0 Å². The number of rotatable bonds is 2. The molecule has 1 aromatic heterocycles. The summed E-state index contributed by atoms with van der Waals surface area (Å²) >= 11 is 0. The average molecular weight is 181 g/mol. The highest BCUT2D eigenvalue weighted by Gasteiger charge is 2.25. The molecule has 0 spiro atoms. The zero-order valence-electron chi connectivity index (χ0n) is 7.82. The summed E-state index contributed by atoms with van der Waals surface area (Å²) in [6, 6.07) is 0. The van der Waals surface area contributed by atoms with Gasteiger partial charge in [0.1, 0.15) is 12.4 Å². The summed E-state index contributed by atoms with van der Waals surface area (Å²) in [6.07, 6.45) is 3.64. The van der Waals surface area contributed by atoms with Gasteiger partial charge in [0, 0.05) is 5.92 Å². The van der Waals surface area contributed by atoms with Crippen LogP contribution in [-0.2, 0) is 6.61 Å². The first-order chi connectivity index (χ1) is 6.29. The highest BCUT2D eigenvalue weighted by atomic mass is 16.3. The molecule has 1 fully saturated rings. The van der Waals surface area contributed by atoms with Gasteiger partial charge in [-0.1, -0.05) is 6.92 Å². The lowest BCUT2D eigenvalue weighted by Crippen LogP contribution is -1.96. The van der Waals surface area contributed by atoms with E-state index in [4.69, 9.17) is 5.11 Å². The van der Waals surface area contributed by atoms with Gasteiger partial charge >= 0.3 is 0 Å². The molecule has 2 N–H and O–H groups in total. The third-order valence-corrected chi connectivity index (χ3v) is 2.76. The van der Waals surface area contributed by atoms with E-state index in [1.807, 2.05) is 0 Å². The highest BCUT2D eigenvalue weighted by Crippen LogP contribution is 2.36. The summed E-state index contributed by atoms with van der Waals surface area (Å²) in [5, 5.41) is 15.7. The van der Waals surface area contributed by atoms with Crippen LogP contribution in [-0.4, -0.2) is 20.3 Å². The van der Waals surface area contributed by atoms with Gasteiger partial charge in [0.15, 0.2) is 5.82 Å². The molecular weight excluding hydrogens is 166 g/mol. The van der Waals surface area contributed by atoms with Crippen LogP contribution >= 0.6 is 0 Å². The highest BCUT2D eigenvalue weighted by molar-refractivity contribution is 5.00. The van der Waals surface area contributed by atoms with Crippen molar-refractivity contribution in [2.24, 2.45) is 5.92 Å². The fourth-order valence-corrected chi connectivity index (χ4v) is 2.00. The van der Waals surface area contributed by atoms with Crippen LogP contribution in [0.15, 0.2) is 0 Å². The molecule has 2 rings (SSSR count). The van der Waals surface area contributed by atoms with Crippen molar-refractivity contribution in [3.63, 3.8) is 0 Å². The molecule has 72 valence electrons. The Morgan fingerprint density at radius 1 is 1.54 bits per heavy atom. The minimum Gasteiger partial charge on any atom is -0.388 e. The van der Waals surface area contributed by atoms with Crippen molar-refractivity contribution in [3.8, 4) is 0 Å². The lowest BCUT2D eigenvalue weighted by molar-refractivity contribution is 0.271. The van der Waals surface area contributed by atoms with E-state index in [1.165, 1.54) is 19.3 Å². The smallest absolute Gasteiger partial charge is 0.153 e. The first-order valence-corrected chi connectivity index (χ1v) is 4.81. The number of aliphatic hydroxyl groups excluding tert-OH is 1. The van der Waals surface area contributed by atoms with Crippen molar-refractivity contribution in [3.05, 3.63) is 11.6 Å². The van der Waals surface area contributed by atoms with E-state index in [0.29, 0.717) is 11.7 Å². The van der Waals surface area contributed by atoms with Gasteiger partial charge in [-0.25, -0.2) is 4.98 Å². The largest absolute Gasteiger partial charge is 0.388 e. The first kappa shape index (κ1) is 8.69. The van der Waals surface area contributed by atoms with Crippen LogP contribution < -0.4 is 0 Å². The Kier molecular flexibility index (Phi) is 2.31. The van der Waals surface area contributed by atoms with E-state index < -0.39 is 0 Å². The summed E-state index contributed by atoms with van der Waals surface area (Å²) in [4.78, 5) is 4.23. The number of nitrogens with zero attached hydrogens (tertiary/aromatic N) is 2. The van der Waals surface area contributed by atoms with Gasteiger partial charge in [-0.05, 0) is 25.2 Å². The number of hydrogen-bond donors (Lipinski definition) is 2. The van der Waals surface area contributed by atoms with Crippen molar-refractivity contribution < 1.29 is 5.11 Å². The summed E-state index contributed by atoms with van der Waals surface area (Å²) < 4.78 is 0. The number of H-pyrrole nitrogens is 1. The predicted octanol–water partition coefficient (Wildman–Crippen LogP) is 1.20. The van der Waals surface area contributed by atoms with Crippen LogP contribution in [0.4, 0.5) is 0 Å². The molecule has 1 saturated carbocycles. The van der Waals surface area contributed by atoms with Crippen LogP contribution in [0.1, 0.15) is 43.8 Å². The van der Waals surface area contributed by atoms with E-state index in [1.54, 1.807) is 0 Å². The van der Waals surface area contributed by atoms with Gasteiger partial charge in [-0.15, -0.1) is 0 Å². The Labute approximate surface area is 77.4 Å². The lowest BCUT2D eigenvalue weighted by Gasteiger charge is -2.02. The zero-order chi connectivity index (χ0) is 9.26. The number of aliphatic hydroxyl groups is 1. The van der Waals surface area contributed by atoms with Crippen LogP contribution in [0.3, 0.4) is 0 Å². The number of nitrogens with one attached hydrogen (secondary N) is 1. The molecule has 2 atom stereocenters. The van der Waals surface area contributed by atoms with Gasteiger partial charge in [0.25, 0.3) is 0 Å². The van der Waals surface area contributed by atoms with E-state index in [-0.39, 0.29) is 6.61 Å². The molecule has 0 aromatic carbocycles. The second-order valence-electron chi connectivity index (χ2n) is 3.91. The fraction of sp³-hybridized carbons (Fsp3) is 0.778. The quantitative estimate of drug-likeness (QED) is 0.720. The molecule has 1 aromatic rings. The first-order valence-electron chi connectivity index (χ1n) is 4.81. The zero-order valence-corrected chi connectivity index (χ0v) is 7.82. The standard InChI is InChI=1S/C9H15N3O/c1-6-2-3-7(4-6)9-10-8(5-13)11-12-9/h6-7,13H,2-5H2,1H3,(H,10,11,12). The lowest BCUT2D eigenvalue weighted by atomic mass is 10.1. The molecule has 4 heteroatoms. The maximum atomic E-state index is 8.81. The number of aromatic nitrogens is 3. The molecule has 0 amide bonds. The molecular formula is C9H15N3O. The van der Waals surface area contributed by atoms with Crippen LogP contribution in [0.25, 0.3) is 0 Å². The molecule has 4 nitrogen and oxygen atoms in total. The van der Waals surface area contributed by atoms with Crippen molar-refractivity contribution in [2.45, 2.75) is 38.7 Å². The molecule has 0 aliphatic heterocycles. The maximum Gasteiger partial charge on any atom is 0.153 e. The molecule has 1 aliphatic rings. The number of aromatic amines is 1. The van der Waals surface area contributed by atoms with Gasteiger partial charge in [0.05, 0.1) is 0 Å². The minimum absolute atomic E-state index is 0.0464. The topological polar surface area (TPSA) is 61.8 Å². The normalized spacial score (nSPS) is 28.2. The van der Waals surface area contributed by atoms with Crippen molar-refractivity contribution in [1.29, 1.82) is 0 Å². The molecule has 0 bridgehead atoms. The van der Waals surface area contributed by atoms with Gasteiger partial charge in [-0.2, -0.15) is 5.10 Å². The van der Waals surface area contributed by atoms with Gasteiger partial charge in [-0.3, -0.25) is 5.10 Å². The second-order valence-corrected chi connectivity index (χ2v) is 3.91. The Balaban J connectivity index is 2.08. The van der Waals surface area contributed by atoms with Crippen molar-refractivity contribution in [2.75, 3.05) is 0 Å². The van der Waals surface area contributed by atoms with Crippen molar-refractivity contribution in [1.82, 2.24) is 15.2 Å². The van der Waals surface area contributed by atoms with E-state index in [9.17, 15) is 0 Å². The third-order valence-electron chi connectivity index (χ3n) is 2.76. The third kappa shape index (κ3) is 1.72. The predicted molar refractivity (Wildman–Crippen MR) is 48.1 cm³/mol. The van der Waals surface area contributed by atoms with Crippen LogP contribution in [0.5, 0.6) is 0 Å². The van der Waals surface area contributed by atoms with Gasteiger partial charge < -0.3 is 5.11 Å². The summed E-state index contributed by atoms with van der Waals surface area (Å²) in [6.45, 7) is 2.22. The maximum absolute atomic E-state index is 8.81. The second kappa shape index (κ2) is 3.46. The Morgan fingerprint density at radius 2 is 2.38 bits per heavy atom. The molecule has 13 heavy (non-hydrogen) atoms. The average Bonchev–Trinajstić information content (AvgIpc) is 2.71. The fourth-order valence-electron chi connectivity index (χ4n) is 2.00. The SMILES string of the molecule is CC1CCC(c2n[nH]c(CO)n2)C1. The van der Waals surface area contributed by atoms with E-state index >= 15 is 0 Å². The molecule has 1 heterocycles. The van der Waals surface area contributed by atoms with E-state index in [0.717, 1.165) is 11.7 Å². The molecule has 1 aliphatic carbocycles. The minimum atomic E-state index is -0.0464.